The van der Waals surface area contributed by atoms with Crippen LogP contribution in [0.15, 0.2) is 24.3 Å². The smallest absolute Gasteiger partial charge is 0.238 e. The molecule has 1 unspecified atom stereocenters. The molecule has 108 valence electrons. The fourth-order valence-corrected chi connectivity index (χ4v) is 3.46. The van der Waals surface area contributed by atoms with Gasteiger partial charge in [-0.3, -0.25) is 10.1 Å². The zero-order valence-corrected chi connectivity index (χ0v) is 12.3. The molecular weight excluding hydrogens is 248 g/mol. The minimum absolute atomic E-state index is 0.0736. The zero-order chi connectivity index (χ0) is 13.9. The summed E-state index contributed by atoms with van der Waals surface area (Å²) in [5.74, 6) is 1.08. The molecule has 1 aliphatic heterocycles. The minimum Gasteiger partial charge on any atom is -0.322 e. The van der Waals surface area contributed by atoms with E-state index in [-0.39, 0.29) is 12.1 Å². The number of rotatable bonds is 4. The fourth-order valence-electron chi connectivity index (χ4n) is 3.46. The first-order valence-corrected chi connectivity index (χ1v) is 7.83. The molecule has 3 rings (SSSR count). The topological polar surface area (TPSA) is 32.3 Å². The summed E-state index contributed by atoms with van der Waals surface area (Å²) < 4.78 is 0. The van der Waals surface area contributed by atoms with E-state index < -0.39 is 0 Å². The van der Waals surface area contributed by atoms with Crippen LogP contribution in [-0.2, 0) is 4.79 Å². The lowest BCUT2D eigenvalue weighted by atomic mass is 10.0. The number of hydrogen-bond acceptors (Lipinski definition) is 2. The second kappa shape index (κ2) is 5.96. The first kappa shape index (κ1) is 13.6. The maximum absolute atomic E-state index is 12.1. The second-order valence-electron chi connectivity index (χ2n) is 6.22. The lowest BCUT2D eigenvalue weighted by molar-refractivity contribution is -0.128. The number of amides is 1. The van der Waals surface area contributed by atoms with E-state index in [1.165, 1.54) is 36.8 Å². The molecule has 0 bridgehead atoms. The number of nitrogens with one attached hydrogen (secondary N) is 1. The number of carbonyl (C=O) groups is 1. The molecule has 1 heterocycles. The highest BCUT2D eigenvalue weighted by Gasteiger charge is 2.31. The number of hydrogen-bond donors (Lipinski definition) is 1. The predicted molar refractivity (Wildman–Crippen MR) is 80.2 cm³/mol. The van der Waals surface area contributed by atoms with Crippen molar-refractivity contribution in [3.63, 3.8) is 0 Å². The highest BCUT2D eigenvalue weighted by Crippen LogP contribution is 2.30. The highest BCUT2D eigenvalue weighted by atomic mass is 16.2. The molecule has 0 spiro atoms. The number of benzene rings is 1. The van der Waals surface area contributed by atoms with Gasteiger partial charge in [0.2, 0.25) is 5.91 Å². The average molecular weight is 272 g/mol. The third kappa shape index (κ3) is 2.88. The first-order valence-electron chi connectivity index (χ1n) is 7.83. The van der Waals surface area contributed by atoms with Gasteiger partial charge in [0.1, 0.15) is 6.17 Å². The van der Waals surface area contributed by atoms with E-state index in [0.29, 0.717) is 6.54 Å². The molecule has 1 amide bonds. The molecule has 20 heavy (non-hydrogen) atoms. The molecule has 1 aromatic rings. The van der Waals surface area contributed by atoms with E-state index in [0.717, 1.165) is 18.9 Å². The molecule has 1 N–H and O–H groups in total. The zero-order valence-electron chi connectivity index (χ0n) is 12.3. The van der Waals surface area contributed by atoms with Gasteiger partial charge in [-0.05, 0) is 24.8 Å². The molecule has 0 radical (unpaired) electrons. The van der Waals surface area contributed by atoms with Crippen LogP contribution in [0.2, 0.25) is 0 Å². The average Bonchev–Trinajstić information content (AvgIpc) is 3.07. The number of carbonyl (C=O) groups excluding carboxylic acids is 1. The van der Waals surface area contributed by atoms with Gasteiger partial charge in [-0.1, -0.05) is 55.5 Å². The van der Waals surface area contributed by atoms with Crippen LogP contribution in [0.5, 0.6) is 0 Å². The van der Waals surface area contributed by atoms with Gasteiger partial charge in [0.05, 0.1) is 6.54 Å². The molecule has 1 saturated heterocycles. The van der Waals surface area contributed by atoms with Gasteiger partial charge in [-0.25, -0.2) is 0 Å². The van der Waals surface area contributed by atoms with Gasteiger partial charge in [0.25, 0.3) is 0 Å². The Morgan fingerprint density at radius 1 is 1.20 bits per heavy atom. The molecule has 0 aromatic heterocycles. The number of nitrogens with zero attached hydrogens (tertiary/aromatic N) is 1. The van der Waals surface area contributed by atoms with Crippen molar-refractivity contribution >= 4 is 5.91 Å². The summed E-state index contributed by atoms with van der Waals surface area (Å²) in [6, 6.07) is 8.51. The van der Waals surface area contributed by atoms with Crippen LogP contribution in [-0.4, -0.2) is 23.9 Å². The van der Waals surface area contributed by atoms with E-state index in [1.54, 1.807) is 0 Å². The van der Waals surface area contributed by atoms with Crippen LogP contribution < -0.4 is 5.32 Å². The SMILES string of the molecule is Cc1ccc(C2NCC(=O)N2CCC2CCCC2)cc1. The van der Waals surface area contributed by atoms with Gasteiger partial charge in [0, 0.05) is 6.54 Å². The monoisotopic (exact) mass is 272 g/mol. The van der Waals surface area contributed by atoms with Crippen molar-refractivity contribution in [3.05, 3.63) is 35.4 Å². The van der Waals surface area contributed by atoms with Gasteiger partial charge in [0.15, 0.2) is 0 Å². The summed E-state index contributed by atoms with van der Waals surface area (Å²) in [5, 5.41) is 3.34. The maximum atomic E-state index is 12.1. The lowest BCUT2D eigenvalue weighted by Crippen LogP contribution is -2.32. The van der Waals surface area contributed by atoms with Crippen molar-refractivity contribution < 1.29 is 4.79 Å². The van der Waals surface area contributed by atoms with E-state index in [1.807, 2.05) is 4.90 Å². The van der Waals surface area contributed by atoms with Crippen molar-refractivity contribution in [2.45, 2.75) is 45.2 Å². The minimum atomic E-state index is 0.0736. The molecule has 2 aliphatic rings. The van der Waals surface area contributed by atoms with E-state index >= 15 is 0 Å². The van der Waals surface area contributed by atoms with E-state index in [9.17, 15) is 4.79 Å². The summed E-state index contributed by atoms with van der Waals surface area (Å²) in [5.41, 5.74) is 2.46. The molecule has 1 aromatic carbocycles. The summed E-state index contributed by atoms with van der Waals surface area (Å²) in [6.07, 6.45) is 6.69. The Balaban J connectivity index is 1.66. The van der Waals surface area contributed by atoms with Gasteiger partial charge < -0.3 is 4.90 Å². The Bertz CT molecular complexity index is 462. The molecule has 3 heteroatoms. The Kier molecular flexibility index (Phi) is 4.06. The van der Waals surface area contributed by atoms with Crippen molar-refractivity contribution in [2.24, 2.45) is 5.92 Å². The molecule has 3 nitrogen and oxygen atoms in total. The fraction of sp³-hybridized carbons (Fsp3) is 0.588. The summed E-state index contributed by atoms with van der Waals surface area (Å²) in [7, 11) is 0. The summed E-state index contributed by atoms with van der Waals surface area (Å²) in [6.45, 7) is 3.47. The summed E-state index contributed by atoms with van der Waals surface area (Å²) >= 11 is 0. The molecule has 1 aliphatic carbocycles. The van der Waals surface area contributed by atoms with Crippen molar-refractivity contribution in [2.75, 3.05) is 13.1 Å². The lowest BCUT2D eigenvalue weighted by Gasteiger charge is -2.26. The standard InChI is InChI=1S/C17H24N2O/c1-13-6-8-15(9-7-13)17-18-12-16(20)19(17)11-10-14-4-2-3-5-14/h6-9,14,17-18H,2-5,10-12H2,1H3. The molecule has 1 atom stereocenters. The van der Waals surface area contributed by atoms with Crippen molar-refractivity contribution in [3.8, 4) is 0 Å². The van der Waals surface area contributed by atoms with Crippen LogP contribution in [0.3, 0.4) is 0 Å². The molecule has 2 fully saturated rings. The Morgan fingerprint density at radius 3 is 2.60 bits per heavy atom. The molecular formula is C17H24N2O. The van der Waals surface area contributed by atoms with E-state index in [4.69, 9.17) is 0 Å². The van der Waals surface area contributed by atoms with Gasteiger partial charge in [-0.2, -0.15) is 0 Å². The van der Waals surface area contributed by atoms with Crippen LogP contribution in [0, 0.1) is 12.8 Å². The Morgan fingerprint density at radius 2 is 1.90 bits per heavy atom. The van der Waals surface area contributed by atoms with Crippen molar-refractivity contribution in [1.82, 2.24) is 10.2 Å². The van der Waals surface area contributed by atoms with Crippen LogP contribution in [0.1, 0.15) is 49.4 Å². The molecule has 1 saturated carbocycles. The van der Waals surface area contributed by atoms with Gasteiger partial charge >= 0.3 is 0 Å². The first-order chi connectivity index (χ1) is 9.74. The normalized spacial score (nSPS) is 23.8. The third-order valence-electron chi connectivity index (χ3n) is 4.72. The maximum Gasteiger partial charge on any atom is 0.238 e. The summed E-state index contributed by atoms with van der Waals surface area (Å²) in [4.78, 5) is 14.1. The van der Waals surface area contributed by atoms with Gasteiger partial charge in [-0.15, -0.1) is 0 Å². The quantitative estimate of drug-likeness (QED) is 0.914. The predicted octanol–water partition coefficient (Wildman–Crippen LogP) is 3.01. The van der Waals surface area contributed by atoms with Crippen LogP contribution >= 0.6 is 0 Å². The van der Waals surface area contributed by atoms with Crippen molar-refractivity contribution in [1.29, 1.82) is 0 Å². The Hall–Kier alpha value is -1.35. The third-order valence-corrected chi connectivity index (χ3v) is 4.72. The van der Waals surface area contributed by atoms with E-state index in [2.05, 4.69) is 36.5 Å². The van der Waals surface area contributed by atoms with Crippen LogP contribution in [0.4, 0.5) is 0 Å². The van der Waals surface area contributed by atoms with Crippen LogP contribution in [0.25, 0.3) is 0 Å². The number of aryl methyl sites for hydroxylation is 1. The highest BCUT2D eigenvalue weighted by molar-refractivity contribution is 5.80. The largest absolute Gasteiger partial charge is 0.322 e. The second-order valence-corrected chi connectivity index (χ2v) is 6.22. The Labute approximate surface area is 121 Å².